The normalized spacial score (nSPS) is 11.3. The fraction of sp³-hybridized carbons (Fsp3) is 0.136. The summed E-state index contributed by atoms with van der Waals surface area (Å²) in [5.41, 5.74) is 3.06. The molecule has 0 saturated heterocycles. The third-order valence-corrected chi connectivity index (χ3v) is 4.43. The SMILES string of the molecule is CC(C)c1cc2cc(-c3ccccc3O)nc(-c3ccccc3O)c2o1. The van der Waals surface area contributed by atoms with Crippen molar-refractivity contribution in [3.05, 3.63) is 66.4 Å². The highest BCUT2D eigenvalue weighted by molar-refractivity contribution is 5.95. The first-order valence-corrected chi connectivity index (χ1v) is 8.56. The lowest BCUT2D eigenvalue weighted by molar-refractivity contribution is 0.476. The van der Waals surface area contributed by atoms with Gasteiger partial charge in [0, 0.05) is 22.4 Å². The Morgan fingerprint density at radius 1 is 0.846 bits per heavy atom. The van der Waals surface area contributed by atoms with Gasteiger partial charge in [-0.1, -0.05) is 38.1 Å². The molecule has 2 heterocycles. The van der Waals surface area contributed by atoms with Gasteiger partial charge in [0.1, 0.15) is 23.0 Å². The number of hydrogen-bond acceptors (Lipinski definition) is 4. The second-order valence-corrected chi connectivity index (χ2v) is 6.61. The number of phenolic OH excluding ortho intramolecular Hbond substituents is 2. The van der Waals surface area contributed by atoms with Crippen LogP contribution in [0.3, 0.4) is 0 Å². The smallest absolute Gasteiger partial charge is 0.160 e. The molecule has 0 bridgehead atoms. The summed E-state index contributed by atoms with van der Waals surface area (Å²) in [4.78, 5) is 4.72. The van der Waals surface area contributed by atoms with Crippen LogP contribution in [0.5, 0.6) is 11.5 Å². The molecule has 0 saturated carbocycles. The molecule has 4 rings (SSSR count). The summed E-state index contributed by atoms with van der Waals surface area (Å²) in [6.45, 7) is 4.13. The maximum Gasteiger partial charge on any atom is 0.160 e. The van der Waals surface area contributed by atoms with E-state index >= 15 is 0 Å². The van der Waals surface area contributed by atoms with Crippen LogP contribution in [0.2, 0.25) is 0 Å². The van der Waals surface area contributed by atoms with Crippen molar-refractivity contribution in [3.8, 4) is 34.0 Å². The third kappa shape index (κ3) is 2.69. The zero-order valence-electron chi connectivity index (χ0n) is 14.6. The van der Waals surface area contributed by atoms with Crippen molar-refractivity contribution in [1.82, 2.24) is 4.98 Å². The lowest BCUT2D eigenvalue weighted by Crippen LogP contribution is -1.90. The fourth-order valence-corrected chi connectivity index (χ4v) is 3.04. The summed E-state index contributed by atoms with van der Waals surface area (Å²) in [5, 5.41) is 21.4. The Morgan fingerprint density at radius 3 is 2.08 bits per heavy atom. The number of rotatable bonds is 3. The van der Waals surface area contributed by atoms with Crippen LogP contribution in [0, 0.1) is 0 Å². The minimum Gasteiger partial charge on any atom is -0.507 e. The molecule has 0 fully saturated rings. The average Bonchev–Trinajstić information content (AvgIpc) is 3.06. The van der Waals surface area contributed by atoms with Gasteiger partial charge in [-0.3, -0.25) is 0 Å². The van der Waals surface area contributed by atoms with E-state index in [9.17, 15) is 10.2 Å². The molecule has 0 aliphatic carbocycles. The van der Waals surface area contributed by atoms with Gasteiger partial charge in [0.15, 0.2) is 5.58 Å². The van der Waals surface area contributed by atoms with E-state index in [1.54, 1.807) is 24.3 Å². The molecule has 4 nitrogen and oxygen atoms in total. The van der Waals surface area contributed by atoms with E-state index in [0.29, 0.717) is 28.1 Å². The van der Waals surface area contributed by atoms with Crippen LogP contribution in [-0.4, -0.2) is 15.2 Å². The number of aromatic nitrogens is 1. The summed E-state index contributed by atoms with van der Waals surface area (Å²) < 4.78 is 6.06. The van der Waals surface area contributed by atoms with Gasteiger partial charge in [0.25, 0.3) is 0 Å². The molecule has 0 unspecified atom stereocenters. The Morgan fingerprint density at radius 2 is 1.46 bits per heavy atom. The number of fused-ring (bicyclic) bond motifs is 1. The number of benzene rings is 2. The van der Waals surface area contributed by atoms with Crippen LogP contribution >= 0.6 is 0 Å². The minimum absolute atomic E-state index is 0.137. The zero-order valence-corrected chi connectivity index (χ0v) is 14.6. The fourth-order valence-electron chi connectivity index (χ4n) is 3.04. The van der Waals surface area contributed by atoms with Crippen molar-refractivity contribution in [2.45, 2.75) is 19.8 Å². The number of pyridine rings is 1. The van der Waals surface area contributed by atoms with Gasteiger partial charge in [0.2, 0.25) is 0 Å². The summed E-state index contributed by atoms with van der Waals surface area (Å²) in [6.07, 6.45) is 0. The molecule has 4 aromatic rings. The van der Waals surface area contributed by atoms with E-state index in [-0.39, 0.29) is 17.4 Å². The van der Waals surface area contributed by atoms with Crippen molar-refractivity contribution in [2.24, 2.45) is 0 Å². The van der Waals surface area contributed by atoms with E-state index in [1.165, 1.54) is 0 Å². The Kier molecular flexibility index (Phi) is 3.88. The Labute approximate surface area is 151 Å². The van der Waals surface area contributed by atoms with Crippen LogP contribution in [0.1, 0.15) is 25.5 Å². The van der Waals surface area contributed by atoms with Crippen molar-refractivity contribution < 1.29 is 14.6 Å². The van der Waals surface area contributed by atoms with E-state index in [4.69, 9.17) is 9.40 Å². The standard InChI is InChI=1S/C22H19NO3/c1-13(2)20-12-14-11-17(15-7-3-5-9-18(15)24)23-21(22(14)26-20)16-8-4-6-10-19(16)25/h3-13,24-25H,1-2H3. The minimum atomic E-state index is 0.137. The van der Waals surface area contributed by atoms with Crippen molar-refractivity contribution in [3.63, 3.8) is 0 Å². The summed E-state index contributed by atoms with van der Waals surface area (Å²) in [7, 11) is 0. The highest BCUT2D eigenvalue weighted by atomic mass is 16.3. The van der Waals surface area contributed by atoms with Crippen LogP contribution in [-0.2, 0) is 0 Å². The van der Waals surface area contributed by atoms with Crippen molar-refractivity contribution in [2.75, 3.05) is 0 Å². The molecule has 130 valence electrons. The second kappa shape index (κ2) is 6.23. The van der Waals surface area contributed by atoms with E-state index in [1.807, 2.05) is 36.4 Å². The van der Waals surface area contributed by atoms with E-state index in [2.05, 4.69) is 13.8 Å². The highest BCUT2D eigenvalue weighted by Gasteiger charge is 2.18. The topological polar surface area (TPSA) is 66.5 Å². The number of phenols is 2. The van der Waals surface area contributed by atoms with Gasteiger partial charge in [-0.25, -0.2) is 4.98 Å². The van der Waals surface area contributed by atoms with Crippen molar-refractivity contribution in [1.29, 1.82) is 0 Å². The molecule has 4 heteroatoms. The van der Waals surface area contributed by atoms with Crippen molar-refractivity contribution >= 4 is 11.0 Å². The Balaban J connectivity index is 2.05. The largest absolute Gasteiger partial charge is 0.507 e. The van der Waals surface area contributed by atoms with Gasteiger partial charge in [-0.2, -0.15) is 0 Å². The molecule has 0 aliphatic heterocycles. The molecule has 2 N–H and O–H groups in total. The molecule has 0 atom stereocenters. The Hall–Kier alpha value is -3.27. The van der Waals surface area contributed by atoms with Gasteiger partial charge in [-0.05, 0) is 36.4 Å². The molecule has 2 aromatic carbocycles. The number of para-hydroxylation sites is 2. The predicted octanol–water partition coefficient (Wildman–Crippen LogP) is 5.70. The second-order valence-electron chi connectivity index (χ2n) is 6.61. The van der Waals surface area contributed by atoms with Gasteiger partial charge in [-0.15, -0.1) is 0 Å². The molecule has 0 aliphatic rings. The summed E-state index contributed by atoms with van der Waals surface area (Å²) >= 11 is 0. The number of hydrogen-bond donors (Lipinski definition) is 2. The lowest BCUT2D eigenvalue weighted by Gasteiger charge is -2.09. The molecule has 0 radical (unpaired) electrons. The molecule has 0 amide bonds. The number of furan rings is 1. The lowest BCUT2D eigenvalue weighted by atomic mass is 10.0. The molecule has 0 spiro atoms. The summed E-state index contributed by atoms with van der Waals surface area (Å²) in [5.74, 6) is 1.38. The monoisotopic (exact) mass is 345 g/mol. The first kappa shape index (κ1) is 16.2. The summed E-state index contributed by atoms with van der Waals surface area (Å²) in [6, 6.07) is 18.0. The quantitative estimate of drug-likeness (QED) is 0.500. The Bertz CT molecular complexity index is 1100. The van der Waals surface area contributed by atoms with Crippen LogP contribution < -0.4 is 0 Å². The van der Waals surface area contributed by atoms with Gasteiger partial charge in [0.05, 0.1) is 5.69 Å². The first-order chi connectivity index (χ1) is 12.5. The number of aromatic hydroxyl groups is 2. The molecule has 2 aromatic heterocycles. The van der Waals surface area contributed by atoms with Gasteiger partial charge < -0.3 is 14.6 Å². The molecular formula is C22H19NO3. The average molecular weight is 345 g/mol. The highest BCUT2D eigenvalue weighted by Crippen LogP contribution is 2.39. The zero-order chi connectivity index (χ0) is 18.3. The molecule has 26 heavy (non-hydrogen) atoms. The predicted molar refractivity (Wildman–Crippen MR) is 102 cm³/mol. The van der Waals surface area contributed by atoms with Crippen LogP contribution in [0.15, 0.2) is 65.1 Å². The maximum atomic E-state index is 10.3. The van der Waals surface area contributed by atoms with Crippen LogP contribution in [0.4, 0.5) is 0 Å². The van der Waals surface area contributed by atoms with E-state index < -0.39 is 0 Å². The first-order valence-electron chi connectivity index (χ1n) is 8.56. The maximum absolute atomic E-state index is 10.3. The van der Waals surface area contributed by atoms with Gasteiger partial charge >= 0.3 is 0 Å². The molecular weight excluding hydrogens is 326 g/mol. The van der Waals surface area contributed by atoms with Crippen LogP contribution in [0.25, 0.3) is 33.5 Å². The van der Waals surface area contributed by atoms with E-state index in [0.717, 1.165) is 11.1 Å². The third-order valence-electron chi connectivity index (χ3n) is 4.43. The number of nitrogens with zero attached hydrogens (tertiary/aromatic N) is 1.